The highest BCUT2D eigenvalue weighted by atomic mass is 19.4. The van der Waals surface area contributed by atoms with E-state index in [2.05, 4.69) is 26.9 Å². The van der Waals surface area contributed by atoms with Crippen LogP contribution in [0.25, 0.3) is 22.4 Å². The number of nitrogens with zero attached hydrogens (tertiary/aromatic N) is 3. The summed E-state index contributed by atoms with van der Waals surface area (Å²) in [6, 6.07) is 12.1. The third-order valence-corrected chi connectivity index (χ3v) is 5.08. The number of aliphatic imine (C=N–C) groups is 1. The van der Waals surface area contributed by atoms with Crippen molar-refractivity contribution in [3.8, 4) is 22.4 Å². The van der Waals surface area contributed by atoms with Crippen molar-refractivity contribution in [3.63, 3.8) is 0 Å². The second-order valence-electron chi connectivity index (χ2n) is 7.41. The maximum absolute atomic E-state index is 13.0. The number of anilines is 1. The molecule has 0 saturated heterocycles. The molecule has 0 atom stereocenters. The number of allylic oxidation sites excluding steroid dienone is 2. The lowest BCUT2D eigenvalue weighted by Crippen LogP contribution is -2.23. The lowest BCUT2D eigenvalue weighted by atomic mass is 9.99. The molecule has 1 aromatic carbocycles. The van der Waals surface area contributed by atoms with Crippen molar-refractivity contribution < 1.29 is 22.8 Å². The van der Waals surface area contributed by atoms with Crippen LogP contribution in [0, 0.1) is 6.92 Å². The fraction of sp³-hybridized carbons (Fsp3) is 0.115. The average molecular weight is 478 g/mol. The van der Waals surface area contributed by atoms with Crippen LogP contribution in [0.1, 0.15) is 16.1 Å². The fourth-order valence-electron chi connectivity index (χ4n) is 3.27. The molecule has 0 spiro atoms. The normalized spacial score (nSPS) is 12.3. The number of amides is 1. The lowest BCUT2D eigenvalue weighted by molar-refractivity contribution is -0.110. The van der Waals surface area contributed by atoms with Crippen molar-refractivity contribution in [2.45, 2.75) is 13.1 Å². The third kappa shape index (κ3) is 6.14. The molecule has 1 N–H and O–H groups in total. The zero-order valence-electron chi connectivity index (χ0n) is 18.9. The largest absolute Gasteiger partial charge is 0.416 e. The summed E-state index contributed by atoms with van der Waals surface area (Å²) >= 11 is 0. The number of carbonyl (C=O) groups is 2. The van der Waals surface area contributed by atoms with Crippen molar-refractivity contribution in [3.05, 3.63) is 90.4 Å². The predicted molar refractivity (Wildman–Crippen MR) is 129 cm³/mol. The maximum atomic E-state index is 13.0. The molecule has 0 unspecified atom stereocenters. The Bertz CT molecular complexity index is 1340. The van der Waals surface area contributed by atoms with Gasteiger partial charge in [-0.1, -0.05) is 18.7 Å². The maximum Gasteiger partial charge on any atom is 0.416 e. The minimum atomic E-state index is -4.66. The highest BCUT2D eigenvalue weighted by Gasteiger charge is 2.32. The van der Waals surface area contributed by atoms with Crippen LogP contribution in [0.4, 0.5) is 18.9 Å². The van der Waals surface area contributed by atoms with Gasteiger partial charge in [-0.3, -0.25) is 24.5 Å². The predicted octanol–water partition coefficient (Wildman–Crippen LogP) is 5.62. The van der Waals surface area contributed by atoms with E-state index in [-0.39, 0.29) is 5.69 Å². The van der Waals surface area contributed by atoms with Gasteiger partial charge in [0.05, 0.1) is 11.3 Å². The first-order valence-corrected chi connectivity index (χ1v) is 10.3. The molecule has 9 heteroatoms. The molecule has 178 valence electrons. The number of halogens is 3. The van der Waals surface area contributed by atoms with Crippen molar-refractivity contribution in [1.82, 2.24) is 9.97 Å². The van der Waals surface area contributed by atoms with Crippen molar-refractivity contribution >= 4 is 23.6 Å². The van der Waals surface area contributed by atoms with Crippen LogP contribution in [0.2, 0.25) is 0 Å². The standard InChI is InChI=1S/C26H21F3N4O2/c1-4-19(26(27,28)29)13-24(30-3)25(35)33-20-6-5-16(2)22(14-20)17-7-10-32-23(12-17)18-8-9-31-21(11-18)15-34/h4-15H,1H2,2-3H3,(H,33,35)/b19-13+,30-24?. The van der Waals surface area contributed by atoms with Gasteiger partial charge in [-0.25, -0.2) is 0 Å². The van der Waals surface area contributed by atoms with Gasteiger partial charge in [0.2, 0.25) is 0 Å². The lowest BCUT2D eigenvalue weighted by Gasteiger charge is -2.12. The number of hydrogen-bond donors (Lipinski definition) is 1. The van der Waals surface area contributed by atoms with Crippen LogP contribution >= 0.6 is 0 Å². The number of rotatable bonds is 7. The van der Waals surface area contributed by atoms with Crippen LogP contribution in [0.15, 0.2) is 84.2 Å². The average Bonchev–Trinajstić information content (AvgIpc) is 2.85. The molecular weight excluding hydrogens is 457 g/mol. The Hall–Kier alpha value is -4.40. The van der Waals surface area contributed by atoms with Crippen LogP contribution in [0.3, 0.4) is 0 Å². The van der Waals surface area contributed by atoms with Gasteiger partial charge in [-0.2, -0.15) is 13.2 Å². The number of alkyl halides is 3. The molecule has 0 bridgehead atoms. The zero-order valence-corrected chi connectivity index (χ0v) is 18.9. The number of carbonyl (C=O) groups excluding carboxylic acids is 2. The smallest absolute Gasteiger partial charge is 0.321 e. The van der Waals surface area contributed by atoms with Gasteiger partial charge in [0.15, 0.2) is 6.29 Å². The molecule has 6 nitrogen and oxygen atoms in total. The molecule has 0 radical (unpaired) electrons. The quantitative estimate of drug-likeness (QED) is 0.272. The molecule has 1 amide bonds. The first-order valence-electron chi connectivity index (χ1n) is 10.3. The van der Waals surface area contributed by atoms with Crippen LogP contribution in [0.5, 0.6) is 0 Å². The SMILES string of the molecule is C=C/C(=C\C(=NC)C(=O)Nc1ccc(C)c(-c2ccnc(-c3ccnc(C=O)c3)c2)c1)C(F)(F)F. The topological polar surface area (TPSA) is 84.3 Å². The Morgan fingerprint density at radius 2 is 1.77 bits per heavy atom. The number of aryl methyl sites for hydroxylation is 1. The Kier molecular flexibility index (Phi) is 7.70. The van der Waals surface area contributed by atoms with Gasteiger partial charge >= 0.3 is 6.18 Å². The van der Waals surface area contributed by atoms with E-state index in [1.807, 2.05) is 13.0 Å². The molecule has 0 fully saturated rings. The van der Waals surface area contributed by atoms with E-state index in [1.54, 1.807) is 42.6 Å². The van der Waals surface area contributed by atoms with E-state index in [4.69, 9.17) is 0 Å². The van der Waals surface area contributed by atoms with Crippen LogP contribution in [-0.4, -0.2) is 41.1 Å². The van der Waals surface area contributed by atoms with E-state index < -0.39 is 23.4 Å². The van der Waals surface area contributed by atoms with Gasteiger partial charge in [0.25, 0.3) is 5.91 Å². The summed E-state index contributed by atoms with van der Waals surface area (Å²) in [5.41, 5.74) is 3.00. The minimum Gasteiger partial charge on any atom is -0.321 e. The summed E-state index contributed by atoms with van der Waals surface area (Å²) in [6.07, 6.45) is 0.414. The molecule has 2 aromatic heterocycles. The zero-order chi connectivity index (χ0) is 25.6. The highest BCUT2D eigenvalue weighted by Crippen LogP contribution is 2.30. The Morgan fingerprint density at radius 1 is 1.06 bits per heavy atom. The van der Waals surface area contributed by atoms with Crippen molar-refractivity contribution in [2.24, 2.45) is 4.99 Å². The van der Waals surface area contributed by atoms with Crippen molar-refractivity contribution in [2.75, 3.05) is 12.4 Å². The van der Waals surface area contributed by atoms with E-state index in [1.165, 1.54) is 13.2 Å². The van der Waals surface area contributed by atoms with E-state index >= 15 is 0 Å². The molecule has 35 heavy (non-hydrogen) atoms. The second kappa shape index (κ2) is 10.7. The van der Waals surface area contributed by atoms with E-state index in [9.17, 15) is 22.8 Å². The fourth-order valence-corrected chi connectivity index (χ4v) is 3.27. The number of aromatic nitrogens is 2. The molecule has 3 rings (SSSR count). The van der Waals surface area contributed by atoms with Gasteiger partial charge in [-0.15, -0.1) is 0 Å². The van der Waals surface area contributed by atoms with Crippen LogP contribution in [-0.2, 0) is 4.79 Å². The molecule has 0 aliphatic carbocycles. The van der Waals surface area contributed by atoms with Gasteiger partial charge in [0.1, 0.15) is 11.4 Å². The highest BCUT2D eigenvalue weighted by molar-refractivity contribution is 6.47. The summed E-state index contributed by atoms with van der Waals surface area (Å²) in [4.78, 5) is 35.7. The summed E-state index contributed by atoms with van der Waals surface area (Å²) < 4.78 is 39.1. The number of hydrogen-bond acceptors (Lipinski definition) is 5. The van der Waals surface area contributed by atoms with Crippen molar-refractivity contribution in [1.29, 1.82) is 0 Å². The number of benzene rings is 1. The Morgan fingerprint density at radius 3 is 2.43 bits per heavy atom. The number of aldehydes is 1. The van der Waals surface area contributed by atoms with Crippen LogP contribution < -0.4 is 5.32 Å². The molecule has 0 aliphatic rings. The molecular formula is C26H21F3N4O2. The summed E-state index contributed by atoms with van der Waals surface area (Å²) in [6.45, 7) is 5.04. The summed E-state index contributed by atoms with van der Waals surface area (Å²) in [5.74, 6) is -0.792. The summed E-state index contributed by atoms with van der Waals surface area (Å²) in [7, 11) is 1.23. The molecule has 0 saturated carbocycles. The molecule has 0 aliphatic heterocycles. The molecule has 3 aromatic rings. The monoisotopic (exact) mass is 478 g/mol. The third-order valence-electron chi connectivity index (χ3n) is 5.08. The van der Waals surface area contributed by atoms with Gasteiger partial charge in [-0.05, 0) is 66.1 Å². The van der Waals surface area contributed by atoms with Gasteiger partial charge in [0, 0.05) is 30.7 Å². The number of pyridine rings is 2. The van der Waals surface area contributed by atoms with E-state index in [0.717, 1.165) is 16.7 Å². The van der Waals surface area contributed by atoms with E-state index in [0.29, 0.717) is 35.4 Å². The number of nitrogens with one attached hydrogen (secondary N) is 1. The van der Waals surface area contributed by atoms with Gasteiger partial charge < -0.3 is 5.32 Å². The Labute approximate surface area is 200 Å². The Balaban J connectivity index is 1.92. The summed E-state index contributed by atoms with van der Waals surface area (Å²) in [5, 5.41) is 2.59. The minimum absolute atomic E-state index is 0.281. The first kappa shape index (κ1) is 25.2. The molecule has 2 heterocycles. The second-order valence-corrected chi connectivity index (χ2v) is 7.41. The first-order chi connectivity index (χ1) is 16.7.